The summed E-state index contributed by atoms with van der Waals surface area (Å²) in [7, 11) is 0. The maximum Gasteiger partial charge on any atom is 0.138 e. The van der Waals surface area contributed by atoms with Crippen molar-refractivity contribution in [2.75, 3.05) is 17.2 Å². The van der Waals surface area contributed by atoms with E-state index in [1.54, 1.807) is 0 Å². The fourth-order valence-electron chi connectivity index (χ4n) is 2.97. The second-order valence-corrected chi connectivity index (χ2v) is 7.71. The summed E-state index contributed by atoms with van der Waals surface area (Å²) in [5.41, 5.74) is 5.97. The van der Waals surface area contributed by atoms with Gasteiger partial charge in [0.2, 0.25) is 0 Å². The Morgan fingerprint density at radius 3 is 2.38 bits per heavy atom. The Morgan fingerprint density at radius 2 is 1.86 bits per heavy atom. The van der Waals surface area contributed by atoms with Gasteiger partial charge < -0.3 is 10.6 Å². The van der Waals surface area contributed by atoms with Crippen LogP contribution in [0.5, 0.6) is 0 Å². The van der Waals surface area contributed by atoms with Crippen LogP contribution in [0.3, 0.4) is 0 Å². The van der Waals surface area contributed by atoms with Crippen molar-refractivity contribution >= 4 is 11.6 Å². The van der Waals surface area contributed by atoms with Crippen molar-refractivity contribution in [2.24, 2.45) is 5.92 Å². The normalized spacial score (nSPS) is 16.7. The third-order valence-electron chi connectivity index (χ3n) is 4.02. The summed E-state index contributed by atoms with van der Waals surface area (Å²) in [6.45, 7) is 12.0. The first-order valence-corrected chi connectivity index (χ1v) is 8.19. The molecule has 1 heterocycles. The molecule has 1 aromatic rings. The first-order chi connectivity index (χ1) is 9.77. The fourth-order valence-corrected chi connectivity index (χ4v) is 2.97. The molecule has 4 heteroatoms. The SMILES string of the molecule is CC(C)CN(c1cc(N)nc(C(C)(C)C)n1)C1CCCC1. The number of anilines is 2. The highest BCUT2D eigenvalue weighted by Gasteiger charge is 2.26. The minimum absolute atomic E-state index is 0.0801. The first-order valence-electron chi connectivity index (χ1n) is 8.19. The van der Waals surface area contributed by atoms with Crippen LogP contribution in [0.1, 0.15) is 66.1 Å². The molecule has 0 atom stereocenters. The second-order valence-electron chi connectivity index (χ2n) is 7.71. The van der Waals surface area contributed by atoms with E-state index in [0.29, 0.717) is 17.8 Å². The summed E-state index contributed by atoms with van der Waals surface area (Å²) in [5.74, 6) is 3.04. The van der Waals surface area contributed by atoms with Crippen LogP contribution in [0.15, 0.2) is 6.07 Å². The summed E-state index contributed by atoms with van der Waals surface area (Å²) in [4.78, 5) is 11.7. The van der Waals surface area contributed by atoms with E-state index in [1.165, 1.54) is 25.7 Å². The van der Waals surface area contributed by atoms with Crippen LogP contribution in [0.2, 0.25) is 0 Å². The molecule has 1 aliphatic carbocycles. The smallest absolute Gasteiger partial charge is 0.138 e. The van der Waals surface area contributed by atoms with Gasteiger partial charge in [0, 0.05) is 24.1 Å². The van der Waals surface area contributed by atoms with E-state index in [0.717, 1.165) is 18.2 Å². The molecule has 2 rings (SSSR count). The Morgan fingerprint density at radius 1 is 1.24 bits per heavy atom. The number of hydrogen-bond donors (Lipinski definition) is 1. The van der Waals surface area contributed by atoms with Crippen LogP contribution in [0.25, 0.3) is 0 Å². The summed E-state index contributed by atoms with van der Waals surface area (Å²) >= 11 is 0. The summed E-state index contributed by atoms with van der Waals surface area (Å²) in [6, 6.07) is 2.55. The summed E-state index contributed by atoms with van der Waals surface area (Å²) in [5, 5.41) is 0. The maximum atomic E-state index is 6.05. The first kappa shape index (κ1) is 16.1. The highest BCUT2D eigenvalue weighted by Crippen LogP contribution is 2.30. The molecule has 0 bridgehead atoms. The fraction of sp³-hybridized carbons (Fsp3) is 0.765. The zero-order valence-corrected chi connectivity index (χ0v) is 14.2. The molecular formula is C17H30N4. The van der Waals surface area contributed by atoms with Crippen molar-refractivity contribution in [3.8, 4) is 0 Å². The summed E-state index contributed by atoms with van der Waals surface area (Å²) in [6.07, 6.45) is 5.18. The number of nitrogen functional groups attached to an aromatic ring is 1. The van der Waals surface area contributed by atoms with Crippen molar-refractivity contribution in [1.82, 2.24) is 9.97 Å². The van der Waals surface area contributed by atoms with E-state index < -0.39 is 0 Å². The van der Waals surface area contributed by atoms with Gasteiger partial charge in [0.05, 0.1) is 0 Å². The molecule has 0 unspecified atom stereocenters. The van der Waals surface area contributed by atoms with Crippen LogP contribution >= 0.6 is 0 Å². The minimum Gasteiger partial charge on any atom is -0.384 e. The molecule has 0 aromatic carbocycles. The predicted octanol–water partition coefficient (Wildman–Crippen LogP) is 3.76. The van der Waals surface area contributed by atoms with Gasteiger partial charge in [0.15, 0.2) is 0 Å². The number of nitrogens with two attached hydrogens (primary N) is 1. The highest BCUT2D eigenvalue weighted by atomic mass is 15.2. The Kier molecular flexibility index (Phi) is 4.74. The van der Waals surface area contributed by atoms with Crippen LogP contribution in [-0.2, 0) is 5.41 Å². The molecule has 1 aromatic heterocycles. The van der Waals surface area contributed by atoms with E-state index in [2.05, 4.69) is 44.5 Å². The van der Waals surface area contributed by atoms with Gasteiger partial charge in [-0.15, -0.1) is 0 Å². The lowest BCUT2D eigenvalue weighted by Gasteiger charge is -2.32. The lowest BCUT2D eigenvalue weighted by molar-refractivity contribution is 0.517. The van der Waals surface area contributed by atoms with Crippen molar-refractivity contribution in [1.29, 1.82) is 0 Å². The molecule has 0 spiro atoms. The average molecular weight is 290 g/mol. The predicted molar refractivity (Wildman–Crippen MR) is 89.6 cm³/mol. The third-order valence-corrected chi connectivity index (χ3v) is 4.02. The van der Waals surface area contributed by atoms with E-state index in [9.17, 15) is 0 Å². The monoisotopic (exact) mass is 290 g/mol. The molecule has 2 N–H and O–H groups in total. The Balaban J connectivity index is 2.36. The van der Waals surface area contributed by atoms with Gasteiger partial charge in [-0.2, -0.15) is 0 Å². The van der Waals surface area contributed by atoms with Gasteiger partial charge in [-0.3, -0.25) is 0 Å². The molecule has 1 fully saturated rings. The second kappa shape index (κ2) is 6.20. The zero-order valence-electron chi connectivity index (χ0n) is 14.2. The van der Waals surface area contributed by atoms with E-state index in [1.807, 2.05) is 6.07 Å². The van der Waals surface area contributed by atoms with Crippen molar-refractivity contribution in [2.45, 2.75) is 71.8 Å². The molecule has 1 aliphatic rings. The maximum absolute atomic E-state index is 6.05. The van der Waals surface area contributed by atoms with Gasteiger partial charge >= 0.3 is 0 Å². The molecule has 4 nitrogen and oxygen atoms in total. The standard InChI is InChI=1S/C17H30N4/c1-12(2)11-21(13-8-6-7-9-13)15-10-14(18)19-16(20-15)17(3,4)5/h10,12-13H,6-9,11H2,1-5H3,(H2,18,19,20). The third kappa shape index (κ3) is 4.08. The van der Waals surface area contributed by atoms with Crippen LogP contribution in [0, 0.1) is 5.92 Å². The van der Waals surface area contributed by atoms with Crippen LogP contribution in [-0.4, -0.2) is 22.6 Å². The van der Waals surface area contributed by atoms with E-state index in [4.69, 9.17) is 10.7 Å². The number of hydrogen-bond acceptors (Lipinski definition) is 4. The van der Waals surface area contributed by atoms with Gasteiger partial charge in [-0.25, -0.2) is 9.97 Å². The Bertz CT molecular complexity index is 470. The van der Waals surface area contributed by atoms with E-state index >= 15 is 0 Å². The minimum atomic E-state index is -0.0801. The van der Waals surface area contributed by atoms with Gasteiger partial charge in [0.25, 0.3) is 0 Å². The molecule has 0 amide bonds. The number of rotatable bonds is 4. The Hall–Kier alpha value is -1.32. The molecule has 1 saturated carbocycles. The molecule has 21 heavy (non-hydrogen) atoms. The van der Waals surface area contributed by atoms with Crippen LogP contribution in [0.4, 0.5) is 11.6 Å². The Labute approximate surface area is 129 Å². The van der Waals surface area contributed by atoms with Crippen molar-refractivity contribution < 1.29 is 0 Å². The van der Waals surface area contributed by atoms with E-state index in [-0.39, 0.29) is 5.41 Å². The van der Waals surface area contributed by atoms with Gasteiger partial charge in [-0.1, -0.05) is 47.5 Å². The summed E-state index contributed by atoms with van der Waals surface area (Å²) < 4.78 is 0. The molecule has 118 valence electrons. The zero-order chi connectivity index (χ0) is 15.6. The lowest BCUT2D eigenvalue weighted by Crippen LogP contribution is -2.37. The quantitative estimate of drug-likeness (QED) is 0.917. The average Bonchev–Trinajstić information content (AvgIpc) is 2.87. The number of nitrogens with zero attached hydrogens (tertiary/aromatic N) is 3. The largest absolute Gasteiger partial charge is 0.384 e. The lowest BCUT2D eigenvalue weighted by atomic mass is 9.95. The van der Waals surface area contributed by atoms with Gasteiger partial charge in [-0.05, 0) is 18.8 Å². The molecule has 0 saturated heterocycles. The molecular weight excluding hydrogens is 260 g/mol. The highest BCUT2D eigenvalue weighted by molar-refractivity contribution is 5.48. The topological polar surface area (TPSA) is 55.0 Å². The molecule has 0 aliphatic heterocycles. The van der Waals surface area contributed by atoms with Crippen molar-refractivity contribution in [3.63, 3.8) is 0 Å². The number of aromatic nitrogens is 2. The molecule has 0 radical (unpaired) electrons. The van der Waals surface area contributed by atoms with Crippen molar-refractivity contribution in [3.05, 3.63) is 11.9 Å². The van der Waals surface area contributed by atoms with Crippen LogP contribution < -0.4 is 10.6 Å². The van der Waals surface area contributed by atoms with Gasteiger partial charge in [0.1, 0.15) is 17.5 Å².